The van der Waals surface area contributed by atoms with Gasteiger partial charge < -0.3 is 21.9 Å². The maximum atomic E-state index is 12.9. The highest BCUT2D eigenvalue weighted by Gasteiger charge is 2.72. The van der Waals surface area contributed by atoms with Crippen LogP contribution >= 0.6 is 23.2 Å². The maximum absolute atomic E-state index is 12.9. The first-order valence-electron chi connectivity index (χ1n) is 9.69. The molecule has 2 aromatic rings. The van der Waals surface area contributed by atoms with Crippen molar-refractivity contribution in [3.8, 4) is 5.75 Å². The van der Waals surface area contributed by atoms with Gasteiger partial charge >= 0.3 is 0 Å². The molecule has 5 nitrogen and oxygen atoms in total. The molecule has 5 atom stereocenters. The molecular weight excluding hydrogens is 409 g/mol. The predicted molar refractivity (Wildman–Crippen MR) is 115 cm³/mol. The molecule has 2 fully saturated rings. The van der Waals surface area contributed by atoms with Gasteiger partial charge in [-0.15, -0.1) is 0 Å². The molecular formula is C22H25Cl2N3O2. The van der Waals surface area contributed by atoms with Gasteiger partial charge in [-0.3, -0.25) is 4.79 Å². The van der Waals surface area contributed by atoms with Crippen LogP contribution in [0.3, 0.4) is 0 Å². The number of halogens is 2. The summed E-state index contributed by atoms with van der Waals surface area (Å²) in [4.78, 5) is 12.9. The Hall–Kier alpha value is -1.79. The molecule has 2 aromatic carbocycles. The van der Waals surface area contributed by atoms with Gasteiger partial charge in [0, 0.05) is 22.0 Å². The summed E-state index contributed by atoms with van der Waals surface area (Å²) in [5.74, 6) is -0.251. The summed E-state index contributed by atoms with van der Waals surface area (Å²) in [6.45, 7) is 3.81. The van der Waals surface area contributed by atoms with Crippen LogP contribution in [0.15, 0.2) is 42.5 Å². The zero-order valence-corrected chi connectivity index (χ0v) is 17.9. The Morgan fingerprint density at radius 2 is 1.79 bits per heavy atom. The van der Waals surface area contributed by atoms with E-state index in [0.29, 0.717) is 22.9 Å². The third kappa shape index (κ3) is 2.58. The smallest absolute Gasteiger partial charge is 0.228 e. The van der Waals surface area contributed by atoms with Crippen molar-refractivity contribution in [3.05, 3.63) is 63.6 Å². The van der Waals surface area contributed by atoms with E-state index in [1.807, 2.05) is 26.0 Å². The maximum Gasteiger partial charge on any atom is 0.228 e. The van der Waals surface area contributed by atoms with E-state index in [0.717, 1.165) is 11.1 Å². The number of nitrogens with two attached hydrogens (primary N) is 2. The molecule has 0 bridgehead atoms. The third-order valence-electron chi connectivity index (χ3n) is 7.29. The minimum Gasteiger partial charge on any atom is -0.508 e. The number of fused-ring (bicyclic) bond motifs is 1. The van der Waals surface area contributed by atoms with Gasteiger partial charge in [-0.05, 0) is 62.1 Å². The summed E-state index contributed by atoms with van der Waals surface area (Å²) >= 11 is 12.7. The molecule has 2 aliphatic rings. The van der Waals surface area contributed by atoms with Crippen molar-refractivity contribution in [2.45, 2.75) is 49.7 Å². The molecule has 1 saturated heterocycles. The number of hydrogen-bond acceptors (Lipinski definition) is 4. The van der Waals surface area contributed by atoms with Crippen LogP contribution in [0.5, 0.6) is 5.75 Å². The summed E-state index contributed by atoms with van der Waals surface area (Å²) in [5.41, 5.74) is 13.0. The van der Waals surface area contributed by atoms with Gasteiger partial charge in [0.15, 0.2) is 0 Å². The highest BCUT2D eigenvalue weighted by molar-refractivity contribution is 6.31. The lowest BCUT2D eigenvalue weighted by molar-refractivity contribution is -0.132. The quantitative estimate of drug-likeness (QED) is 0.580. The zero-order valence-electron chi connectivity index (χ0n) is 16.4. The summed E-state index contributed by atoms with van der Waals surface area (Å²) in [6.07, 6.45) is 1.20. The normalized spacial score (nSPS) is 36.6. The zero-order chi connectivity index (χ0) is 21.2. The van der Waals surface area contributed by atoms with Crippen LogP contribution in [0.4, 0.5) is 0 Å². The highest BCUT2D eigenvalue weighted by Crippen LogP contribution is 2.61. The van der Waals surface area contributed by atoms with E-state index in [9.17, 15) is 9.90 Å². The monoisotopic (exact) mass is 433 g/mol. The van der Waals surface area contributed by atoms with E-state index in [-0.39, 0.29) is 23.6 Å². The second kappa shape index (κ2) is 6.61. The molecule has 154 valence electrons. The fourth-order valence-electron chi connectivity index (χ4n) is 5.58. The number of phenolic OH excluding ortho intramolecular Hbond substituents is 1. The Bertz CT molecular complexity index is 983. The van der Waals surface area contributed by atoms with Crippen molar-refractivity contribution in [1.29, 1.82) is 0 Å². The van der Waals surface area contributed by atoms with Crippen molar-refractivity contribution < 1.29 is 9.90 Å². The minimum absolute atomic E-state index is 0.0773. The van der Waals surface area contributed by atoms with Crippen molar-refractivity contribution in [2.75, 3.05) is 0 Å². The van der Waals surface area contributed by atoms with E-state index in [1.165, 1.54) is 6.07 Å². The number of hydrogen-bond donors (Lipinski definition) is 4. The fraction of sp³-hybridized carbons (Fsp3) is 0.409. The first kappa shape index (κ1) is 20.5. The first-order valence-corrected chi connectivity index (χ1v) is 10.4. The third-order valence-corrected chi connectivity index (χ3v) is 7.87. The Morgan fingerprint density at radius 1 is 1.14 bits per heavy atom. The van der Waals surface area contributed by atoms with Gasteiger partial charge in [0.25, 0.3) is 0 Å². The average molecular weight is 434 g/mol. The molecule has 0 radical (unpaired) electrons. The molecule has 4 rings (SSSR count). The topological polar surface area (TPSA) is 101 Å². The van der Waals surface area contributed by atoms with Crippen molar-refractivity contribution in [2.24, 2.45) is 16.9 Å². The molecule has 0 aromatic heterocycles. The van der Waals surface area contributed by atoms with Gasteiger partial charge in [-0.1, -0.05) is 41.4 Å². The standard InChI is InChI=1S/C22H25Cl2N3O2/c1-12-22(26)20(2,19(29)27-12)10-9-17(16-8-7-15(28)11-18(16)24)21(22,25)13-3-5-14(23)6-4-13/h3-8,11-12,17,28H,9-10,25-26H2,1-2H3,(H,27,29). The second-order valence-corrected chi connectivity index (χ2v) is 9.41. The summed E-state index contributed by atoms with van der Waals surface area (Å²) in [7, 11) is 0. The van der Waals surface area contributed by atoms with Crippen molar-refractivity contribution >= 4 is 29.1 Å². The van der Waals surface area contributed by atoms with E-state index < -0.39 is 16.5 Å². The number of carbonyl (C=O) groups is 1. The highest BCUT2D eigenvalue weighted by atomic mass is 35.5. The molecule has 1 aliphatic heterocycles. The minimum atomic E-state index is -1.11. The van der Waals surface area contributed by atoms with Gasteiger partial charge in [0.2, 0.25) is 5.91 Å². The molecule has 0 spiro atoms. The first-order chi connectivity index (χ1) is 13.6. The SMILES string of the molecule is CC1NC(=O)C2(C)CCC(c3ccc(O)cc3Cl)C(N)(c3ccc(Cl)cc3)C12N. The lowest BCUT2D eigenvalue weighted by Gasteiger charge is -2.60. The second-order valence-electron chi connectivity index (χ2n) is 8.57. The molecule has 5 unspecified atom stereocenters. The lowest BCUT2D eigenvalue weighted by atomic mass is 9.47. The van der Waals surface area contributed by atoms with Crippen LogP contribution in [-0.2, 0) is 10.3 Å². The van der Waals surface area contributed by atoms with Crippen molar-refractivity contribution in [3.63, 3.8) is 0 Å². The van der Waals surface area contributed by atoms with Gasteiger partial charge in [-0.25, -0.2) is 0 Å². The Balaban J connectivity index is 2.00. The molecule has 1 amide bonds. The van der Waals surface area contributed by atoms with E-state index in [4.69, 9.17) is 34.7 Å². The fourth-order valence-corrected chi connectivity index (χ4v) is 6.02. The number of phenols is 1. The number of benzene rings is 2. The van der Waals surface area contributed by atoms with Crippen LogP contribution in [0.1, 0.15) is 43.7 Å². The molecule has 6 N–H and O–H groups in total. The number of amides is 1. The van der Waals surface area contributed by atoms with E-state index in [2.05, 4.69) is 5.32 Å². The van der Waals surface area contributed by atoms with Gasteiger partial charge in [0.05, 0.1) is 16.5 Å². The molecule has 29 heavy (non-hydrogen) atoms. The Morgan fingerprint density at radius 3 is 2.41 bits per heavy atom. The summed E-state index contributed by atoms with van der Waals surface area (Å²) in [6, 6.07) is 11.9. The molecule has 7 heteroatoms. The number of aromatic hydroxyl groups is 1. The van der Waals surface area contributed by atoms with Crippen molar-refractivity contribution in [1.82, 2.24) is 5.32 Å². The van der Waals surface area contributed by atoms with Crippen LogP contribution in [0.2, 0.25) is 10.0 Å². The van der Waals surface area contributed by atoms with Gasteiger partial charge in [0.1, 0.15) is 5.75 Å². The summed E-state index contributed by atoms with van der Waals surface area (Å²) < 4.78 is 0. The molecule has 1 heterocycles. The molecule has 1 aliphatic carbocycles. The van der Waals surface area contributed by atoms with Crippen LogP contribution in [-0.4, -0.2) is 22.6 Å². The number of carbonyl (C=O) groups excluding carboxylic acids is 1. The van der Waals surface area contributed by atoms with Crippen LogP contribution < -0.4 is 16.8 Å². The van der Waals surface area contributed by atoms with E-state index >= 15 is 0 Å². The lowest BCUT2D eigenvalue weighted by Crippen LogP contribution is -2.77. The summed E-state index contributed by atoms with van der Waals surface area (Å²) in [5, 5.41) is 13.9. The Labute approximate surface area is 180 Å². The average Bonchev–Trinajstić information content (AvgIpc) is 2.84. The van der Waals surface area contributed by atoms with Crippen LogP contribution in [0.25, 0.3) is 0 Å². The predicted octanol–water partition coefficient (Wildman–Crippen LogP) is 3.65. The van der Waals surface area contributed by atoms with Crippen LogP contribution in [0, 0.1) is 5.41 Å². The van der Waals surface area contributed by atoms with Gasteiger partial charge in [-0.2, -0.15) is 0 Å². The number of rotatable bonds is 2. The largest absolute Gasteiger partial charge is 0.508 e. The van der Waals surface area contributed by atoms with E-state index in [1.54, 1.807) is 24.3 Å². The molecule has 1 saturated carbocycles. The Kier molecular flexibility index (Phi) is 4.67. The number of nitrogens with one attached hydrogen (secondary N) is 1.